The third-order valence-corrected chi connectivity index (χ3v) is 12.6. The first kappa shape index (κ1) is 36.0. The van der Waals surface area contributed by atoms with E-state index in [9.17, 15) is 0 Å². The van der Waals surface area contributed by atoms with E-state index in [2.05, 4.69) is 216 Å². The lowest BCUT2D eigenvalue weighted by molar-refractivity contribution is 0.827. The van der Waals surface area contributed by atoms with Crippen molar-refractivity contribution < 1.29 is 0 Å². The number of aryl methyl sites for hydroxylation is 1. The molecular weight excluding hydrogens is 725 g/mol. The quantitative estimate of drug-likeness (QED) is 0.146. The molecule has 0 bridgehead atoms. The molecule has 0 atom stereocenters. The number of rotatable bonds is 8. The molecule has 0 spiro atoms. The molecule has 2 aromatic heterocycles. The van der Waals surface area contributed by atoms with Crippen LogP contribution in [0.1, 0.15) is 43.7 Å². The first-order chi connectivity index (χ1) is 29.8. The molecule has 2 aliphatic carbocycles. The van der Waals surface area contributed by atoms with Crippen LogP contribution in [0, 0.1) is 0 Å². The molecule has 2 heterocycles. The van der Waals surface area contributed by atoms with Crippen molar-refractivity contribution in [3.05, 3.63) is 211 Å². The zero-order valence-electron chi connectivity index (χ0n) is 34.0. The molecule has 2 aliphatic rings. The van der Waals surface area contributed by atoms with Crippen LogP contribution in [0.5, 0.6) is 0 Å². The van der Waals surface area contributed by atoms with Gasteiger partial charge < -0.3 is 9.13 Å². The van der Waals surface area contributed by atoms with Gasteiger partial charge >= 0.3 is 0 Å². The topological polar surface area (TPSA) is 9.86 Å². The van der Waals surface area contributed by atoms with Crippen LogP contribution in [0.4, 0.5) is 0 Å². The minimum atomic E-state index is 0.908. The van der Waals surface area contributed by atoms with E-state index in [4.69, 9.17) is 0 Å². The van der Waals surface area contributed by atoms with Crippen LogP contribution >= 0.6 is 0 Å². The van der Waals surface area contributed by atoms with Crippen molar-refractivity contribution in [3.8, 4) is 50.5 Å². The van der Waals surface area contributed by atoms with Gasteiger partial charge in [-0.3, -0.25) is 0 Å². The predicted molar refractivity (Wildman–Crippen MR) is 256 cm³/mol. The monoisotopic (exact) mass is 770 g/mol. The zero-order valence-corrected chi connectivity index (χ0v) is 34.0. The summed E-state index contributed by atoms with van der Waals surface area (Å²) in [6.07, 6.45) is 17.9. The molecule has 0 N–H and O–H groups in total. The van der Waals surface area contributed by atoms with E-state index in [-0.39, 0.29) is 0 Å². The largest absolute Gasteiger partial charge is 0.341 e. The molecule has 2 nitrogen and oxygen atoms in total. The fourth-order valence-electron chi connectivity index (χ4n) is 10.1. The van der Waals surface area contributed by atoms with Gasteiger partial charge in [-0.05, 0) is 113 Å². The molecule has 2 heteroatoms. The number of aromatic nitrogens is 2. The molecule has 288 valence electrons. The van der Waals surface area contributed by atoms with E-state index < -0.39 is 0 Å². The third-order valence-electron chi connectivity index (χ3n) is 12.6. The maximum Gasteiger partial charge on any atom is 0.0620 e. The van der Waals surface area contributed by atoms with Gasteiger partial charge in [-0.25, -0.2) is 0 Å². The Kier molecular flexibility index (Phi) is 9.12. The van der Waals surface area contributed by atoms with E-state index in [1.165, 1.54) is 99.6 Å². The molecule has 0 radical (unpaired) electrons. The van der Waals surface area contributed by atoms with Gasteiger partial charge in [-0.15, -0.1) is 0 Å². The Bertz CT molecular complexity index is 3030. The maximum atomic E-state index is 2.63. The number of benzene rings is 7. The molecule has 9 aromatic rings. The molecule has 0 amide bonds. The second-order valence-corrected chi connectivity index (χ2v) is 16.0. The van der Waals surface area contributed by atoms with Gasteiger partial charge in [0, 0.05) is 44.8 Å². The highest BCUT2D eigenvalue weighted by Gasteiger charge is 2.33. The fraction of sp³-hybridized carbons (Fsp3) is 0.103. The van der Waals surface area contributed by atoms with E-state index in [0.717, 1.165) is 37.9 Å². The van der Waals surface area contributed by atoms with Crippen LogP contribution in [0.15, 0.2) is 200 Å². The predicted octanol–water partition coefficient (Wildman–Crippen LogP) is 15.9. The summed E-state index contributed by atoms with van der Waals surface area (Å²) >= 11 is 0. The number of fused-ring (bicyclic) bond motifs is 4. The van der Waals surface area contributed by atoms with E-state index in [0.29, 0.717) is 0 Å². The van der Waals surface area contributed by atoms with Crippen molar-refractivity contribution in [2.45, 2.75) is 39.2 Å². The van der Waals surface area contributed by atoms with Crippen molar-refractivity contribution in [2.75, 3.05) is 0 Å². The van der Waals surface area contributed by atoms with Crippen LogP contribution in [-0.4, -0.2) is 9.13 Å². The standard InChI is InChI=1S/C58H46N2/c1-2-59-49-36-22-21-35-47(49)48-39-46(37-38-50(48)59)60-57(44-31-17-7-18-32-44)55-53(42-27-13-5-14-28-42)51(40-23-9-3-10-24-40)52(41-25-11-4-12-26-41)54(43-29-15-6-16-30-43)56(55)58(60)45-33-19-8-20-34-45/h3-13,15,17-27,29,31-39H,2,14,16,28,30H2,1H3. The van der Waals surface area contributed by atoms with Gasteiger partial charge in [-0.1, -0.05) is 176 Å². The van der Waals surface area contributed by atoms with E-state index in [1.54, 1.807) is 0 Å². The number of para-hydroxylation sites is 1. The highest BCUT2D eigenvalue weighted by atomic mass is 15.0. The molecule has 0 aliphatic heterocycles. The molecule has 0 saturated carbocycles. The number of hydrogen-bond acceptors (Lipinski definition) is 0. The van der Waals surface area contributed by atoms with Crippen molar-refractivity contribution in [1.82, 2.24) is 9.13 Å². The van der Waals surface area contributed by atoms with Gasteiger partial charge in [0.25, 0.3) is 0 Å². The molecule has 0 saturated heterocycles. The Hall–Kier alpha value is -7.16. The van der Waals surface area contributed by atoms with E-state index >= 15 is 0 Å². The third kappa shape index (κ3) is 5.86. The first-order valence-electron chi connectivity index (χ1n) is 21.5. The maximum absolute atomic E-state index is 2.63. The Morgan fingerprint density at radius 1 is 0.433 bits per heavy atom. The molecule has 7 aromatic carbocycles. The van der Waals surface area contributed by atoms with Crippen LogP contribution < -0.4 is 0 Å². The highest BCUT2D eigenvalue weighted by molar-refractivity contribution is 6.22. The fourth-order valence-corrected chi connectivity index (χ4v) is 10.1. The SMILES string of the molecule is CCn1c2ccccc2c2cc(-n3c(-c4ccccc4)c4c(C5=CC=CCC5)c(-c5ccccc5)c(-c5ccccc5)c(C5=CC=CCC5)c4c3-c3ccccc3)ccc21. The summed E-state index contributed by atoms with van der Waals surface area (Å²) in [4.78, 5) is 0. The summed E-state index contributed by atoms with van der Waals surface area (Å²) in [5, 5.41) is 5.17. The number of nitrogens with zero attached hydrogens (tertiary/aromatic N) is 2. The van der Waals surface area contributed by atoms with Crippen molar-refractivity contribution in [1.29, 1.82) is 0 Å². The minimum Gasteiger partial charge on any atom is -0.341 e. The summed E-state index contributed by atoms with van der Waals surface area (Å²) in [5.41, 5.74) is 19.0. The van der Waals surface area contributed by atoms with Crippen molar-refractivity contribution in [3.63, 3.8) is 0 Å². The van der Waals surface area contributed by atoms with Gasteiger partial charge in [-0.2, -0.15) is 0 Å². The summed E-state index contributed by atoms with van der Waals surface area (Å²) in [6, 6.07) is 60.8. The van der Waals surface area contributed by atoms with Crippen LogP contribution in [0.2, 0.25) is 0 Å². The molecule has 11 rings (SSSR count). The minimum absolute atomic E-state index is 0.908. The summed E-state index contributed by atoms with van der Waals surface area (Å²) in [5.74, 6) is 0. The van der Waals surface area contributed by atoms with Crippen LogP contribution in [0.3, 0.4) is 0 Å². The van der Waals surface area contributed by atoms with Crippen LogP contribution in [-0.2, 0) is 6.54 Å². The molecular formula is C58H46N2. The summed E-state index contributed by atoms with van der Waals surface area (Å²) < 4.78 is 5.08. The second kappa shape index (κ2) is 15.2. The van der Waals surface area contributed by atoms with Crippen molar-refractivity contribution >= 4 is 43.7 Å². The lowest BCUT2D eigenvalue weighted by Gasteiger charge is -2.26. The Morgan fingerprint density at radius 3 is 1.35 bits per heavy atom. The van der Waals surface area contributed by atoms with Gasteiger partial charge in [0.05, 0.1) is 11.4 Å². The second-order valence-electron chi connectivity index (χ2n) is 16.0. The Labute approximate surface area is 352 Å². The van der Waals surface area contributed by atoms with Crippen molar-refractivity contribution in [2.24, 2.45) is 0 Å². The van der Waals surface area contributed by atoms with Crippen LogP contribution in [0.25, 0.3) is 94.2 Å². The smallest absolute Gasteiger partial charge is 0.0620 e. The Morgan fingerprint density at radius 2 is 0.883 bits per heavy atom. The lowest BCUT2D eigenvalue weighted by Crippen LogP contribution is -2.03. The molecule has 0 fully saturated rings. The summed E-state index contributed by atoms with van der Waals surface area (Å²) in [7, 11) is 0. The first-order valence-corrected chi connectivity index (χ1v) is 21.5. The van der Waals surface area contributed by atoms with Gasteiger partial charge in [0.15, 0.2) is 0 Å². The average molecular weight is 771 g/mol. The Balaban J connectivity index is 1.45. The van der Waals surface area contributed by atoms with Gasteiger partial charge in [0.2, 0.25) is 0 Å². The number of hydrogen-bond donors (Lipinski definition) is 0. The molecule has 0 unspecified atom stereocenters. The van der Waals surface area contributed by atoms with E-state index in [1.807, 2.05) is 0 Å². The average Bonchev–Trinajstić information content (AvgIpc) is 3.85. The number of allylic oxidation sites excluding steroid dienone is 8. The highest BCUT2D eigenvalue weighted by Crippen LogP contribution is 2.56. The van der Waals surface area contributed by atoms with Gasteiger partial charge in [0.1, 0.15) is 0 Å². The summed E-state index contributed by atoms with van der Waals surface area (Å²) in [6.45, 7) is 3.16. The lowest BCUT2D eigenvalue weighted by atomic mass is 9.76. The molecule has 60 heavy (non-hydrogen) atoms. The zero-order chi connectivity index (χ0) is 40.0. The normalized spacial score (nSPS) is 13.9.